The van der Waals surface area contributed by atoms with E-state index < -0.39 is 6.04 Å². The number of nitrogens with one attached hydrogen (secondary N) is 4. The Bertz CT molecular complexity index is 2430. The molecule has 2 saturated heterocycles. The highest BCUT2D eigenvalue weighted by Gasteiger charge is 2.37. The highest BCUT2D eigenvalue weighted by atomic mass is 35.5. The number of rotatable bonds is 15. The van der Waals surface area contributed by atoms with Crippen LogP contribution in [0.1, 0.15) is 86.3 Å². The van der Waals surface area contributed by atoms with E-state index in [1.54, 1.807) is 28.8 Å². The number of aromatic nitrogens is 3. The van der Waals surface area contributed by atoms with Crippen molar-refractivity contribution in [2.24, 2.45) is 0 Å². The topological polar surface area (TPSA) is 192 Å². The van der Waals surface area contributed by atoms with Crippen LogP contribution in [0.15, 0.2) is 47.4 Å². The van der Waals surface area contributed by atoms with Gasteiger partial charge in [-0.2, -0.15) is 4.98 Å². The van der Waals surface area contributed by atoms with Crippen LogP contribution in [0.5, 0.6) is 5.75 Å². The molecule has 5 heterocycles. The largest absolute Gasteiger partial charge is 0.478 e. The number of piperidine rings is 1. The molecule has 0 spiro atoms. The number of hydrogen-bond acceptors (Lipinski definition) is 13. The predicted molar refractivity (Wildman–Crippen MR) is 252 cm³/mol. The molecule has 4 aliphatic rings. The van der Waals surface area contributed by atoms with Gasteiger partial charge in [-0.25, -0.2) is 4.98 Å². The van der Waals surface area contributed by atoms with E-state index in [4.69, 9.17) is 26.1 Å². The number of likely N-dealkylation sites (N-methyl/N-ethyl adjacent to an activating group) is 2. The summed E-state index contributed by atoms with van der Waals surface area (Å²) in [7, 11) is 3.07. The van der Waals surface area contributed by atoms with Crippen LogP contribution in [0.25, 0.3) is 10.9 Å². The monoisotopic (exact) mass is 912 g/mol. The van der Waals surface area contributed by atoms with Gasteiger partial charge >= 0.3 is 0 Å². The maximum Gasteiger partial charge on any atom is 0.293 e. The molecule has 3 aliphatic heterocycles. The molecule has 3 fully saturated rings. The fourth-order valence-electron chi connectivity index (χ4n) is 8.80. The van der Waals surface area contributed by atoms with Crippen LogP contribution >= 0.6 is 11.6 Å². The molecular formula is C47H61ClN10O7. The number of halogens is 1. The summed E-state index contributed by atoms with van der Waals surface area (Å²) in [5, 5.41) is 12.9. The summed E-state index contributed by atoms with van der Waals surface area (Å²) in [6.45, 7) is 11.5. The van der Waals surface area contributed by atoms with Crippen LogP contribution in [0.4, 0.5) is 23.1 Å². The number of nitrogens with zero attached hydrogens (tertiary/aromatic N) is 6. The van der Waals surface area contributed by atoms with E-state index in [1.807, 2.05) is 51.1 Å². The standard InChI is InChI=1S/C28H35ClN6O4.C19H26N4O3/c1-17(2)35-23-8-7-19(13-18(23)14-24(27(35)37)38-16-25(36)30-3)32-26-22(29)15-31-28(33-26)34-11-9-21(10-12-34)39-20-5-4-6-20;1-13-15-12-23(17(4-3-11-24)18(25)20-2)19(26)14(15)5-6-16(13)22-9-7-21-8-10-22/h7-8,13-15,17,20-21H,4-6,9-12,16H2,1-3H3,(H,30,36)(H,31,32,33);5-6,11,17,21H,3-4,7-10,12H2,1-2H3,(H,20,25). The minimum Gasteiger partial charge on any atom is -0.478 e. The van der Waals surface area contributed by atoms with Crippen LogP contribution in [0.2, 0.25) is 5.02 Å². The summed E-state index contributed by atoms with van der Waals surface area (Å²) in [6, 6.07) is 10.5. The van der Waals surface area contributed by atoms with Gasteiger partial charge in [0, 0.05) is 94.7 Å². The Kier molecular flexibility index (Phi) is 15.6. The normalized spacial score (nSPS) is 17.0. The van der Waals surface area contributed by atoms with Crippen molar-refractivity contribution < 1.29 is 28.7 Å². The number of aldehydes is 1. The van der Waals surface area contributed by atoms with Gasteiger partial charge in [0.15, 0.2) is 18.2 Å². The maximum absolute atomic E-state index is 13.1. The van der Waals surface area contributed by atoms with Crippen molar-refractivity contribution in [3.8, 4) is 5.75 Å². The number of benzene rings is 2. The van der Waals surface area contributed by atoms with E-state index in [9.17, 15) is 24.0 Å². The van der Waals surface area contributed by atoms with Crippen LogP contribution in [0, 0.1) is 6.92 Å². The zero-order chi connectivity index (χ0) is 46.2. The van der Waals surface area contributed by atoms with Crippen LogP contribution < -0.4 is 41.4 Å². The number of piperazine rings is 1. The lowest BCUT2D eigenvalue weighted by atomic mass is 9.95. The lowest BCUT2D eigenvalue weighted by Crippen LogP contribution is -2.46. The Morgan fingerprint density at radius 2 is 1.71 bits per heavy atom. The Hall–Kier alpha value is -5.78. The number of carbonyl (C=O) groups is 4. The first-order chi connectivity index (χ1) is 31.4. The van der Waals surface area contributed by atoms with Crippen molar-refractivity contribution >= 4 is 69.7 Å². The summed E-state index contributed by atoms with van der Waals surface area (Å²) in [5.74, 6) is 0.572. The predicted octanol–water partition coefficient (Wildman–Crippen LogP) is 4.89. The van der Waals surface area contributed by atoms with E-state index in [-0.39, 0.29) is 48.1 Å². The zero-order valence-corrected chi connectivity index (χ0v) is 38.7. The minimum atomic E-state index is -0.618. The van der Waals surface area contributed by atoms with Gasteiger partial charge in [0.2, 0.25) is 11.9 Å². The average Bonchev–Trinajstić information content (AvgIpc) is 3.64. The molecule has 1 aliphatic carbocycles. The van der Waals surface area contributed by atoms with Crippen molar-refractivity contribution in [3.63, 3.8) is 0 Å². The molecule has 348 valence electrons. The SMILES string of the molecule is CNC(=O)C(CCC=O)N1Cc2c(ccc(N3CCNCC3)c2C)C1=O.CNC(=O)COc1cc2cc(Nc3nc(N4CCC(OC5CCC5)CC4)ncc3Cl)ccc2n(C(C)C)c1=O. The van der Waals surface area contributed by atoms with Gasteiger partial charge < -0.3 is 54.8 Å². The smallest absolute Gasteiger partial charge is 0.293 e. The summed E-state index contributed by atoms with van der Waals surface area (Å²) in [4.78, 5) is 76.0. The Balaban J connectivity index is 0.000000210. The molecule has 8 rings (SSSR count). The molecule has 65 heavy (non-hydrogen) atoms. The molecular weight excluding hydrogens is 852 g/mol. The first-order valence-corrected chi connectivity index (χ1v) is 23.0. The Morgan fingerprint density at radius 1 is 0.969 bits per heavy atom. The molecule has 1 unspecified atom stereocenters. The molecule has 2 aromatic heterocycles. The van der Waals surface area contributed by atoms with Gasteiger partial charge in [-0.15, -0.1) is 0 Å². The third kappa shape index (κ3) is 10.9. The van der Waals surface area contributed by atoms with Gasteiger partial charge in [-0.1, -0.05) is 11.6 Å². The Labute approximate surface area is 384 Å². The highest BCUT2D eigenvalue weighted by molar-refractivity contribution is 6.33. The molecule has 3 amide bonds. The lowest BCUT2D eigenvalue weighted by Gasteiger charge is -2.36. The molecule has 18 heteroatoms. The van der Waals surface area contributed by atoms with Crippen molar-refractivity contribution in [2.75, 3.05) is 75.1 Å². The van der Waals surface area contributed by atoms with Gasteiger partial charge in [0.05, 0.1) is 23.9 Å². The van der Waals surface area contributed by atoms with Crippen LogP contribution in [-0.4, -0.2) is 122 Å². The molecule has 4 aromatic rings. The third-order valence-corrected chi connectivity index (χ3v) is 12.9. The molecule has 17 nitrogen and oxygen atoms in total. The second-order valence-corrected chi connectivity index (χ2v) is 17.6. The summed E-state index contributed by atoms with van der Waals surface area (Å²) >= 11 is 6.47. The lowest BCUT2D eigenvalue weighted by molar-refractivity contribution is -0.125. The van der Waals surface area contributed by atoms with Crippen molar-refractivity contribution in [1.82, 2.24) is 35.4 Å². The molecule has 1 saturated carbocycles. The fourth-order valence-corrected chi connectivity index (χ4v) is 8.94. The number of anilines is 4. The van der Waals surface area contributed by atoms with E-state index >= 15 is 0 Å². The van der Waals surface area contributed by atoms with Gasteiger partial charge in [0.25, 0.3) is 17.4 Å². The minimum absolute atomic E-state index is 0.107. The number of amides is 3. The maximum atomic E-state index is 13.1. The second-order valence-electron chi connectivity index (χ2n) is 17.2. The van der Waals surface area contributed by atoms with E-state index in [0.717, 1.165) is 91.8 Å². The van der Waals surface area contributed by atoms with Gasteiger partial charge in [-0.3, -0.25) is 19.2 Å². The molecule has 4 N–H and O–H groups in total. The quantitative estimate of drug-likeness (QED) is 0.118. The summed E-state index contributed by atoms with van der Waals surface area (Å²) < 4.78 is 13.4. The van der Waals surface area contributed by atoms with E-state index in [2.05, 4.69) is 36.1 Å². The number of pyridine rings is 1. The van der Waals surface area contributed by atoms with E-state index in [0.29, 0.717) is 47.5 Å². The molecule has 0 radical (unpaired) electrons. The van der Waals surface area contributed by atoms with Crippen molar-refractivity contribution in [1.29, 1.82) is 0 Å². The fraction of sp³-hybridized carbons (Fsp3) is 0.511. The highest BCUT2D eigenvalue weighted by Crippen LogP contribution is 2.35. The van der Waals surface area contributed by atoms with Crippen molar-refractivity contribution in [3.05, 3.63) is 74.7 Å². The van der Waals surface area contributed by atoms with Crippen LogP contribution in [-0.2, 0) is 25.7 Å². The third-order valence-electron chi connectivity index (χ3n) is 12.6. The average molecular weight is 914 g/mol. The number of ether oxygens (including phenoxy) is 2. The molecule has 2 aromatic carbocycles. The van der Waals surface area contributed by atoms with Gasteiger partial charge in [0.1, 0.15) is 17.4 Å². The number of hydrogen-bond donors (Lipinski definition) is 4. The summed E-state index contributed by atoms with van der Waals surface area (Å²) in [5.41, 5.74) is 5.14. The van der Waals surface area contributed by atoms with E-state index in [1.165, 1.54) is 26.3 Å². The second kappa shape index (κ2) is 21.5. The first kappa shape index (κ1) is 47.2. The molecule has 0 bridgehead atoms. The number of fused-ring (bicyclic) bond motifs is 2. The van der Waals surface area contributed by atoms with Crippen molar-refractivity contribution in [2.45, 2.75) is 96.6 Å². The number of carbonyl (C=O) groups excluding carboxylic acids is 4. The summed E-state index contributed by atoms with van der Waals surface area (Å²) in [6.07, 6.45) is 9.31. The van der Waals surface area contributed by atoms with Gasteiger partial charge in [-0.05, 0) is 107 Å². The zero-order valence-electron chi connectivity index (χ0n) is 38.0. The Morgan fingerprint density at radius 3 is 2.37 bits per heavy atom. The first-order valence-electron chi connectivity index (χ1n) is 22.7. The van der Waals surface area contributed by atoms with Crippen LogP contribution in [0.3, 0.4) is 0 Å². The molecule has 1 atom stereocenters.